The van der Waals surface area contributed by atoms with Crippen LogP contribution in [0.15, 0.2) is 12.5 Å². The molecule has 0 amide bonds. The predicted molar refractivity (Wildman–Crippen MR) is 90.4 cm³/mol. The number of sulfonamides is 1. The lowest BCUT2D eigenvalue weighted by Gasteiger charge is -2.39. The second kappa shape index (κ2) is 5.57. The largest absolute Gasteiger partial charge is 0.340 e. The number of nitrogens with zero attached hydrogens (tertiary/aromatic N) is 4. The highest BCUT2D eigenvalue weighted by Gasteiger charge is 2.52. The third-order valence-electron chi connectivity index (χ3n) is 5.42. The first-order chi connectivity index (χ1) is 10.6. The number of aromatic nitrogens is 2. The van der Waals surface area contributed by atoms with E-state index in [2.05, 4.69) is 29.9 Å². The van der Waals surface area contributed by atoms with Crippen LogP contribution in [0.3, 0.4) is 0 Å². The quantitative estimate of drug-likeness (QED) is 0.836. The smallest absolute Gasteiger partial charge is 0.211 e. The maximum Gasteiger partial charge on any atom is 0.211 e. The number of piperidine rings is 1. The van der Waals surface area contributed by atoms with Crippen molar-refractivity contribution < 1.29 is 8.42 Å². The molecule has 3 rings (SSSR count). The second-order valence-corrected chi connectivity index (χ2v) is 9.97. The molecular weight excluding hydrogens is 312 g/mol. The molecule has 3 heterocycles. The zero-order valence-corrected chi connectivity index (χ0v) is 15.4. The maximum absolute atomic E-state index is 12.1. The summed E-state index contributed by atoms with van der Waals surface area (Å²) in [5.41, 5.74) is 0.984. The SMILES string of the molecule is Cn1cnc(CN2CCC3(CC2)CN(S(C)(=O)=O)C(C)(C)C3)c1. The highest BCUT2D eigenvalue weighted by Crippen LogP contribution is 2.48. The summed E-state index contributed by atoms with van der Waals surface area (Å²) < 4.78 is 27.9. The van der Waals surface area contributed by atoms with Gasteiger partial charge in [-0.05, 0) is 51.6 Å². The molecule has 0 radical (unpaired) electrons. The van der Waals surface area contributed by atoms with E-state index >= 15 is 0 Å². The van der Waals surface area contributed by atoms with E-state index in [-0.39, 0.29) is 11.0 Å². The van der Waals surface area contributed by atoms with E-state index in [4.69, 9.17) is 0 Å². The lowest BCUT2D eigenvalue weighted by atomic mass is 9.74. The molecule has 2 aliphatic heterocycles. The molecule has 130 valence electrons. The Hall–Kier alpha value is -0.920. The normalized spacial score (nSPS) is 25.2. The molecule has 2 fully saturated rings. The third-order valence-corrected chi connectivity index (χ3v) is 6.85. The van der Waals surface area contributed by atoms with Gasteiger partial charge in [0.2, 0.25) is 10.0 Å². The number of aryl methyl sites for hydroxylation is 1. The molecule has 1 aromatic heterocycles. The van der Waals surface area contributed by atoms with Crippen LogP contribution >= 0.6 is 0 Å². The molecule has 1 spiro atoms. The van der Waals surface area contributed by atoms with Crippen molar-refractivity contribution >= 4 is 10.0 Å². The number of rotatable bonds is 3. The standard InChI is InChI=1S/C16H28N4O2S/c1-15(2)11-16(12-20(15)23(4,21)22)5-7-19(8-6-16)10-14-9-18(3)13-17-14/h9,13H,5-8,10-12H2,1-4H3. The van der Waals surface area contributed by atoms with Crippen molar-refractivity contribution in [2.75, 3.05) is 25.9 Å². The van der Waals surface area contributed by atoms with Gasteiger partial charge in [-0.1, -0.05) is 0 Å². The molecule has 2 aliphatic rings. The maximum atomic E-state index is 12.1. The van der Waals surface area contributed by atoms with Crippen LogP contribution in [0.5, 0.6) is 0 Å². The minimum atomic E-state index is -3.14. The second-order valence-electron chi connectivity index (χ2n) is 8.07. The number of hydrogen-bond donors (Lipinski definition) is 0. The highest BCUT2D eigenvalue weighted by molar-refractivity contribution is 7.88. The van der Waals surface area contributed by atoms with Crippen molar-refractivity contribution in [1.82, 2.24) is 18.8 Å². The Labute approximate surface area is 139 Å². The van der Waals surface area contributed by atoms with Crippen LogP contribution in [0.4, 0.5) is 0 Å². The summed E-state index contributed by atoms with van der Waals surface area (Å²) in [6.07, 6.45) is 8.33. The van der Waals surface area contributed by atoms with Crippen molar-refractivity contribution in [2.45, 2.75) is 45.2 Å². The van der Waals surface area contributed by atoms with Crippen molar-refractivity contribution in [2.24, 2.45) is 12.5 Å². The van der Waals surface area contributed by atoms with E-state index in [0.717, 1.165) is 44.6 Å². The van der Waals surface area contributed by atoms with Gasteiger partial charge in [0.1, 0.15) is 0 Å². The van der Waals surface area contributed by atoms with Gasteiger partial charge in [-0.15, -0.1) is 0 Å². The molecule has 0 bridgehead atoms. The Morgan fingerprint density at radius 2 is 1.91 bits per heavy atom. The molecule has 0 aliphatic carbocycles. The zero-order valence-electron chi connectivity index (χ0n) is 14.6. The number of hydrogen-bond acceptors (Lipinski definition) is 4. The first kappa shape index (κ1) is 16.9. The van der Waals surface area contributed by atoms with Gasteiger partial charge in [0.15, 0.2) is 0 Å². The van der Waals surface area contributed by atoms with Crippen molar-refractivity contribution in [3.05, 3.63) is 18.2 Å². The predicted octanol–water partition coefficient (Wildman–Crippen LogP) is 1.45. The average molecular weight is 340 g/mol. The molecule has 0 N–H and O–H groups in total. The van der Waals surface area contributed by atoms with Crippen LogP contribution in [0, 0.1) is 5.41 Å². The Kier molecular flexibility index (Phi) is 4.09. The molecule has 1 aromatic rings. The Balaban J connectivity index is 1.64. The molecule has 0 atom stereocenters. The minimum Gasteiger partial charge on any atom is -0.340 e. The van der Waals surface area contributed by atoms with E-state index in [1.807, 2.05) is 17.9 Å². The van der Waals surface area contributed by atoms with E-state index in [9.17, 15) is 8.42 Å². The zero-order chi connectivity index (χ0) is 16.9. The summed E-state index contributed by atoms with van der Waals surface area (Å²) in [4.78, 5) is 6.83. The Morgan fingerprint density at radius 3 is 2.39 bits per heavy atom. The lowest BCUT2D eigenvalue weighted by Crippen LogP contribution is -2.43. The molecule has 0 unspecified atom stereocenters. The fourth-order valence-corrected chi connectivity index (χ4v) is 5.92. The summed E-state index contributed by atoms with van der Waals surface area (Å²) >= 11 is 0. The molecule has 23 heavy (non-hydrogen) atoms. The van der Waals surface area contributed by atoms with Crippen LogP contribution in [0.1, 0.15) is 38.8 Å². The summed E-state index contributed by atoms with van der Waals surface area (Å²) in [5, 5.41) is 0. The van der Waals surface area contributed by atoms with Crippen LogP contribution < -0.4 is 0 Å². The van der Waals surface area contributed by atoms with Gasteiger partial charge >= 0.3 is 0 Å². The van der Waals surface area contributed by atoms with E-state index in [0.29, 0.717) is 6.54 Å². The molecule has 0 aromatic carbocycles. The molecule has 7 heteroatoms. The van der Waals surface area contributed by atoms with Gasteiger partial charge in [-0.2, -0.15) is 4.31 Å². The summed E-state index contributed by atoms with van der Waals surface area (Å²) in [6.45, 7) is 7.72. The van der Waals surface area contributed by atoms with Crippen molar-refractivity contribution in [3.8, 4) is 0 Å². The summed E-state index contributed by atoms with van der Waals surface area (Å²) in [5.74, 6) is 0. The van der Waals surface area contributed by atoms with Gasteiger partial charge in [-0.3, -0.25) is 4.90 Å². The Bertz CT molecular complexity index is 672. The molecule has 6 nitrogen and oxygen atoms in total. The van der Waals surface area contributed by atoms with Gasteiger partial charge in [0.05, 0.1) is 18.3 Å². The van der Waals surface area contributed by atoms with Crippen molar-refractivity contribution in [1.29, 1.82) is 0 Å². The lowest BCUT2D eigenvalue weighted by molar-refractivity contribution is 0.106. The van der Waals surface area contributed by atoms with Gasteiger partial charge in [0, 0.05) is 31.9 Å². The van der Waals surface area contributed by atoms with Crippen LogP contribution in [0.25, 0.3) is 0 Å². The van der Waals surface area contributed by atoms with Crippen molar-refractivity contribution in [3.63, 3.8) is 0 Å². The topological polar surface area (TPSA) is 58.4 Å². The molecule has 0 saturated carbocycles. The van der Waals surface area contributed by atoms with E-state index < -0.39 is 10.0 Å². The Morgan fingerprint density at radius 1 is 1.26 bits per heavy atom. The minimum absolute atomic E-state index is 0.146. The molecular formula is C16H28N4O2S. The van der Waals surface area contributed by atoms with Gasteiger partial charge < -0.3 is 4.57 Å². The average Bonchev–Trinajstić information content (AvgIpc) is 2.94. The summed E-state index contributed by atoms with van der Waals surface area (Å²) in [6, 6.07) is 0. The molecule has 2 saturated heterocycles. The van der Waals surface area contributed by atoms with E-state index in [1.165, 1.54) is 6.26 Å². The van der Waals surface area contributed by atoms with E-state index in [1.54, 1.807) is 4.31 Å². The fourth-order valence-electron chi connectivity index (χ4n) is 4.44. The highest BCUT2D eigenvalue weighted by atomic mass is 32.2. The first-order valence-electron chi connectivity index (χ1n) is 8.27. The van der Waals surface area contributed by atoms with Gasteiger partial charge in [0.25, 0.3) is 0 Å². The van der Waals surface area contributed by atoms with Gasteiger partial charge in [-0.25, -0.2) is 13.4 Å². The van der Waals surface area contributed by atoms with Crippen LogP contribution in [-0.4, -0.2) is 58.6 Å². The number of imidazole rings is 1. The third kappa shape index (κ3) is 3.46. The summed E-state index contributed by atoms with van der Waals surface area (Å²) in [7, 11) is -1.15. The number of likely N-dealkylation sites (tertiary alicyclic amines) is 1. The monoisotopic (exact) mass is 340 g/mol. The first-order valence-corrected chi connectivity index (χ1v) is 10.1. The van der Waals surface area contributed by atoms with Crippen LogP contribution in [-0.2, 0) is 23.6 Å². The van der Waals surface area contributed by atoms with Crippen LogP contribution in [0.2, 0.25) is 0 Å². The fraction of sp³-hybridized carbons (Fsp3) is 0.812.